The zero-order valence-corrected chi connectivity index (χ0v) is 6.12. The Morgan fingerprint density at radius 2 is 2.36 bits per heavy atom. The van der Waals surface area contributed by atoms with E-state index in [0.717, 1.165) is 0 Å². The third-order valence-corrected chi connectivity index (χ3v) is 1.15. The number of hydrogen-bond acceptors (Lipinski definition) is 4. The molecule has 60 valence electrons. The highest BCUT2D eigenvalue weighted by molar-refractivity contribution is 5.33. The van der Waals surface area contributed by atoms with E-state index in [1.807, 2.05) is 0 Å². The molecule has 0 unspecified atom stereocenters. The van der Waals surface area contributed by atoms with Gasteiger partial charge in [-0.1, -0.05) is 0 Å². The van der Waals surface area contributed by atoms with Crippen molar-refractivity contribution < 1.29 is 9.66 Å². The summed E-state index contributed by atoms with van der Waals surface area (Å²) in [6.45, 7) is 1.62. The maximum atomic E-state index is 10.2. The van der Waals surface area contributed by atoms with Gasteiger partial charge in [0.15, 0.2) is 5.82 Å². The molecule has 0 fully saturated rings. The van der Waals surface area contributed by atoms with Crippen LogP contribution in [0.5, 0.6) is 5.88 Å². The summed E-state index contributed by atoms with van der Waals surface area (Å²) in [5.41, 5.74) is 0. The first-order chi connectivity index (χ1) is 5.15. The molecule has 0 aliphatic rings. The van der Waals surface area contributed by atoms with E-state index in [9.17, 15) is 10.1 Å². The highest BCUT2D eigenvalue weighted by Gasteiger charge is 2.17. The Balaban J connectivity index is 3.12. The molecule has 0 saturated carbocycles. The molecule has 1 rings (SSSR count). The number of nitrogens with zero attached hydrogens (tertiary/aromatic N) is 2. The van der Waals surface area contributed by atoms with Gasteiger partial charge in [-0.05, 0) is 4.92 Å². The van der Waals surface area contributed by atoms with Crippen molar-refractivity contribution in [3.05, 3.63) is 15.9 Å². The molecule has 0 aliphatic heterocycles. The highest BCUT2D eigenvalue weighted by atomic mass is 16.6. The van der Waals surface area contributed by atoms with E-state index < -0.39 is 4.92 Å². The van der Waals surface area contributed by atoms with Gasteiger partial charge in [-0.15, -0.1) is 0 Å². The van der Waals surface area contributed by atoms with Crippen molar-refractivity contribution in [2.75, 3.05) is 7.11 Å². The monoisotopic (exact) mass is 157 g/mol. The van der Waals surface area contributed by atoms with E-state index in [1.165, 1.54) is 7.11 Å². The summed E-state index contributed by atoms with van der Waals surface area (Å²) in [6, 6.07) is 0. The van der Waals surface area contributed by atoms with Gasteiger partial charge in [-0.3, -0.25) is 0 Å². The van der Waals surface area contributed by atoms with Gasteiger partial charge in [-0.2, -0.15) is 4.98 Å². The Labute approximate surface area is 62.4 Å². The third-order valence-electron chi connectivity index (χ3n) is 1.15. The van der Waals surface area contributed by atoms with E-state index in [-0.39, 0.29) is 11.7 Å². The van der Waals surface area contributed by atoms with E-state index in [1.54, 1.807) is 6.92 Å². The molecule has 0 atom stereocenters. The first kappa shape index (κ1) is 7.52. The maximum Gasteiger partial charge on any atom is 0.385 e. The fourth-order valence-corrected chi connectivity index (χ4v) is 0.724. The second kappa shape index (κ2) is 2.57. The van der Waals surface area contributed by atoms with Crippen molar-refractivity contribution in [1.82, 2.24) is 9.97 Å². The minimum Gasteiger partial charge on any atom is -0.475 e. The van der Waals surface area contributed by atoms with Crippen LogP contribution in [-0.4, -0.2) is 22.0 Å². The van der Waals surface area contributed by atoms with Crippen LogP contribution in [0.25, 0.3) is 0 Å². The number of H-pyrrole nitrogens is 1. The molecule has 0 spiro atoms. The Bertz CT molecular complexity index is 281. The van der Waals surface area contributed by atoms with Crippen LogP contribution in [0.2, 0.25) is 0 Å². The SMILES string of the molecule is COc1nc(C)[nH]c1[N+](=O)[O-]. The molecular weight excluding hydrogens is 150 g/mol. The summed E-state index contributed by atoms with van der Waals surface area (Å²) in [6.07, 6.45) is 0. The predicted octanol–water partition coefficient (Wildman–Crippen LogP) is 0.635. The summed E-state index contributed by atoms with van der Waals surface area (Å²) in [7, 11) is 1.34. The molecule has 1 N–H and O–H groups in total. The Hall–Kier alpha value is -1.59. The lowest BCUT2D eigenvalue weighted by molar-refractivity contribution is -0.390. The van der Waals surface area contributed by atoms with Crippen LogP contribution in [0.15, 0.2) is 0 Å². The number of imidazole rings is 1. The van der Waals surface area contributed by atoms with E-state index in [4.69, 9.17) is 0 Å². The topological polar surface area (TPSA) is 81.0 Å². The average Bonchev–Trinajstić information content (AvgIpc) is 2.30. The number of nitrogens with one attached hydrogen (secondary N) is 1. The molecule has 1 heterocycles. The fourth-order valence-electron chi connectivity index (χ4n) is 0.724. The largest absolute Gasteiger partial charge is 0.475 e. The molecule has 0 radical (unpaired) electrons. The molecule has 0 aliphatic carbocycles. The normalized spacial score (nSPS) is 9.64. The first-order valence-electron chi connectivity index (χ1n) is 2.90. The lowest BCUT2D eigenvalue weighted by atomic mass is 10.7. The van der Waals surface area contributed by atoms with Crippen LogP contribution in [-0.2, 0) is 0 Å². The Morgan fingerprint density at radius 1 is 1.73 bits per heavy atom. The summed E-state index contributed by atoms with van der Waals surface area (Å²) in [4.78, 5) is 15.9. The van der Waals surface area contributed by atoms with Gasteiger partial charge >= 0.3 is 11.7 Å². The van der Waals surface area contributed by atoms with E-state index >= 15 is 0 Å². The molecule has 0 bridgehead atoms. The summed E-state index contributed by atoms with van der Waals surface area (Å²) < 4.78 is 4.64. The number of rotatable bonds is 2. The van der Waals surface area contributed by atoms with E-state index in [2.05, 4.69) is 14.7 Å². The Kier molecular flexibility index (Phi) is 1.75. The van der Waals surface area contributed by atoms with E-state index in [0.29, 0.717) is 5.82 Å². The number of aryl methyl sites for hydroxylation is 1. The predicted molar refractivity (Wildman–Crippen MR) is 36.5 cm³/mol. The lowest BCUT2D eigenvalue weighted by Gasteiger charge is -1.92. The van der Waals surface area contributed by atoms with Crippen LogP contribution >= 0.6 is 0 Å². The molecule has 6 nitrogen and oxygen atoms in total. The zero-order valence-electron chi connectivity index (χ0n) is 6.12. The van der Waals surface area contributed by atoms with Crippen molar-refractivity contribution in [1.29, 1.82) is 0 Å². The second-order valence-electron chi connectivity index (χ2n) is 1.94. The van der Waals surface area contributed by atoms with Crippen LogP contribution in [0.3, 0.4) is 0 Å². The molecule has 1 aromatic heterocycles. The van der Waals surface area contributed by atoms with Crippen LogP contribution in [0, 0.1) is 17.0 Å². The van der Waals surface area contributed by atoms with Gasteiger partial charge in [0.25, 0.3) is 0 Å². The van der Waals surface area contributed by atoms with Gasteiger partial charge in [0.05, 0.1) is 7.11 Å². The van der Waals surface area contributed by atoms with Gasteiger partial charge in [0.1, 0.15) is 0 Å². The molecule has 11 heavy (non-hydrogen) atoms. The molecule has 6 heteroatoms. The number of aromatic amines is 1. The van der Waals surface area contributed by atoms with Crippen LogP contribution < -0.4 is 4.74 Å². The standard InChI is InChI=1S/C5H7N3O3/c1-3-6-4(8(9)10)5(7-3)11-2/h1-2H3,(H,6,7). The van der Waals surface area contributed by atoms with Crippen molar-refractivity contribution in [2.45, 2.75) is 6.92 Å². The molecule has 0 aromatic carbocycles. The quantitative estimate of drug-likeness (QED) is 0.504. The molecule has 0 amide bonds. The maximum absolute atomic E-state index is 10.2. The van der Waals surface area contributed by atoms with Crippen LogP contribution in [0.1, 0.15) is 5.82 Å². The average molecular weight is 157 g/mol. The molecular formula is C5H7N3O3. The molecule has 0 saturated heterocycles. The van der Waals surface area contributed by atoms with Crippen molar-refractivity contribution in [3.63, 3.8) is 0 Å². The third kappa shape index (κ3) is 1.28. The van der Waals surface area contributed by atoms with Crippen molar-refractivity contribution in [3.8, 4) is 5.88 Å². The summed E-state index contributed by atoms with van der Waals surface area (Å²) in [5.74, 6) is 0.283. The zero-order chi connectivity index (χ0) is 8.43. The number of ether oxygens (including phenoxy) is 1. The van der Waals surface area contributed by atoms with Crippen molar-refractivity contribution >= 4 is 5.82 Å². The smallest absolute Gasteiger partial charge is 0.385 e. The van der Waals surface area contributed by atoms with Crippen LogP contribution in [0.4, 0.5) is 5.82 Å². The first-order valence-corrected chi connectivity index (χ1v) is 2.90. The van der Waals surface area contributed by atoms with Gasteiger partial charge < -0.3 is 14.9 Å². The number of nitro groups is 1. The summed E-state index contributed by atoms with van der Waals surface area (Å²) >= 11 is 0. The van der Waals surface area contributed by atoms with Gasteiger partial charge in [0, 0.05) is 6.92 Å². The minimum absolute atomic E-state index is 0.0208. The van der Waals surface area contributed by atoms with Crippen molar-refractivity contribution in [2.24, 2.45) is 0 Å². The number of methoxy groups -OCH3 is 1. The molecule has 1 aromatic rings. The summed E-state index contributed by atoms with van der Waals surface area (Å²) in [5, 5.41) is 10.2. The number of hydrogen-bond donors (Lipinski definition) is 1. The minimum atomic E-state index is -0.571. The number of aromatic nitrogens is 2. The highest BCUT2D eigenvalue weighted by Crippen LogP contribution is 2.21. The van der Waals surface area contributed by atoms with Gasteiger partial charge in [0.2, 0.25) is 0 Å². The second-order valence-corrected chi connectivity index (χ2v) is 1.94. The lowest BCUT2D eigenvalue weighted by Crippen LogP contribution is -1.91. The fraction of sp³-hybridized carbons (Fsp3) is 0.400. The Morgan fingerprint density at radius 3 is 2.73 bits per heavy atom. The van der Waals surface area contributed by atoms with Gasteiger partial charge in [-0.25, -0.2) is 4.98 Å².